The van der Waals surface area contributed by atoms with Crippen LogP contribution in [0.5, 0.6) is 0 Å². The molecule has 0 heterocycles. The van der Waals surface area contributed by atoms with Crippen LogP contribution in [0.2, 0.25) is 0 Å². The molecule has 0 aliphatic heterocycles. The minimum atomic E-state index is -5.11. The first-order chi connectivity index (χ1) is 21.5. The zero-order valence-corrected chi connectivity index (χ0v) is 25.6. The molecule has 12 nitrogen and oxygen atoms in total. The Kier molecular flexibility index (Phi) is 14.1. The van der Waals surface area contributed by atoms with Crippen LogP contribution < -0.4 is 27.0 Å². The van der Waals surface area contributed by atoms with Crippen LogP contribution in [0.25, 0.3) is 0 Å². The van der Waals surface area contributed by atoms with E-state index in [-0.39, 0.29) is 18.6 Å². The number of benzene rings is 2. The molecule has 0 aromatic heterocycles. The number of alkyl halides is 3. The zero-order chi connectivity index (χ0) is 34.6. The normalized spacial score (nSPS) is 14.7. The molecule has 15 heteroatoms. The highest BCUT2D eigenvalue weighted by Crippen LogP contribution is 2.24. The second-order valence-corrected chi connectivity index (χ2v) is 11.1. The van der Waals surface area contributed by atoms with E-state index in [1.54, 1.807) is 56.3 Å². The van der Waals surface area contributed by atoms with Crippen molar-refractivity contribution in [3.63, 3.8) is 0 Å². The van der Waals surface area contributed by atoms with Crippen LogP contribution in [0, 0.1) is 5.92 Å². The van der Waals surface area contributed by atoms with Crippen LogP contribution in [0.4, 0.5) is 13.2 Å². The van der Waals surface area contributed by atoms with Gasteiger partial charge in [-0.05, 0) is 42.5 Å². The van der Waals surface area contributed by atoms with Gasteiger partial charge in [0.1, 0.15) is 18.1 Å². The SMILES string of the molecule is CC(C)[C@H](NC(=O)c1ccc(CO)cc1)C(=O)N[C@@H](Cc1ccccc1)C(=O)N[C@@H](C)C(=O)NC(CCC(N)=O)C(O)C(F)(F)F. The van der Waals surface area contributed by atoms with Crippen molar-refractivity contribution >= 4 is 29.5 Å². The predicted octanol–water partition coefficient (Wildman–Crippen LogP) is 0.839. The molecule has 0 aliphatic rings. The number of aliphatic hydroxyl groups excluding tert-OH is 2. The molecule has 46 heavy (non-hydrogen) atoms. The Hall–Kier alpha value is -4.50. The third-order valence-electron chi connectivity index (χ3n) is 7.05. The van der Waals surface area contributed by atoms with E-state index in [0.717, 1.165) is 0 Å². The highest BCUT2D eigenvalue weighted by atomic mass is 19.4. The van der Waals surface area contributed by atoms with Gasteiger partial charge in [0.15, 0.2) is 6.10 Å². The topological polar surface area (TPSA) is 200 Å². The molecule has 5 amide bonds. The summed E-state index contributed by atoms with van der Waals surface area (Å²) in [5, 5.41) is 28.6. The van der Waals surface area contributed by atoms with E-state index in [4.69, 9.17) is 5.73 Å². The first-order valence-corrected chi connectivity index (χ1v) is 14.5. The van der Waals surface area contributed by atoms with Crippen LogP contribution in [0.15, 0.2) is 54.6 Å². The number of carbonyl (C=O) groups is 5. The Labute approximate surface area is 264 Å². The van der Waals surface area contributed by atoms with E-state index in [0.29, 0.717) is 11.1 Å². The molecule has 0 radical (unpaired) electrons. The van der Waals surface area contributed by atoms with Crippen LogP contribution in [-0.2, 0) is 32.2 Å². The number of nitrogens with two attached hydrogens (primary N) is 1. The quantitative estimate of drug-likeness (QED) is 0.139. The van der Waals surface area contributed by atoms with Crippen molar-refractivity contribution in [2.24, 2.45) is 11.7 Å². The molecule has 5 atom stereocenters. The minimum absolute atomic E-state index is 0.0395. The third kappa shape index (κ3) is 11.8. The fraction of sp³-hybridized carbons (Fsp3) is 0.452. The van der Waals surface area contributed by atoms with Crippen LogP contribution in [0.3, 0.4) is 0 Å². The van der Waals surface area contributed by atoms with Gasteiger partial charge in [-0.15, -0.1) is 0 Å². The molecule has 0 fully saturated rings. The first kappa shape index (κ1) is 37.7. The van der Waals surface area contributed by atoms with E-state index >= 15 is 0 Å². The van der Waals surface area contributed by atoms with Gasteiger partial charge in [-0.3, -0.25) is 24.0 Å². The standard InChI is InChI=1S/C31H40F3N5O7/c1-17(2)25(39-28(44)21-11-9-20(16-40)10-12-21)30(46)38-23(15-19-7-5-4-6-8-19)29(45)36-18(3)27(43)37-22(13-14-24(35)41)26(42)31(32,33)34/h4-12,17-18,22-23,25-26,40,42H,13-16H2,1-3H3,(H2,35,41)(H,36,45)(H,37,43)(H,38,46)(H,39,44)/t18-,22?,23-,25-,26?/m0/s1. The molecule has 2 rings (SSSR count). The highest BCUT2D eigenvalue weighted by molar-refractivity contribution is 5.99. The van der Waals surface area contributed by atoms with E-state index in [9.17, 15) is 47.4 Å². The Bertz CT molecular complexity index is 1340. The van der Waals surface area contributed by atoms with Crippen molar-refractivity contribution in [2.75, 3.05) is 0 Å². The molecule has 0 aliphatic carbocycles. The number of nitrogens with one attached hydrogen (secondary N) is 4. The average Bonchev–Trinajstić information content (AvgIpc) is 3.00. The summed E-state index contributed by atoms with van der Waals surface area (Å²) in [6.07, 6.45) is -9.31. The largest absolute Gasteiger partial charge is 0.416 e. The lowest BCUT2D eigenvalue weighted by Gasteiger charge is -2.28. The van der Waals surface area contributed by atoms with Crippen LogP contribution in [-0.4, -0.2) is 76.2 Å². The zero-order valence-electron chi connectivity index (χ0n) is 25.6. The molecule has 0 bridgehead atoms. The summed E-state index contributed by atoms with van der Waals surface area (Å²) < 4.78 is 39.6. The van der Waals surface area contributed by atoms with Crippen molar-refractivity contribution in [1.29, 1.82) is 0 Å². The summed E-state index contributed by atoms with van der Waals surface area (Å²) in [7, 11) is 0. The smallest absolute Gasteiger partial charge is 0.392 e. The van der Waals surface area contributed by atoms with Gasteiger partial charge in [-0.1, -0.05) is 56.3 Å². The highest BCUT2D eigenvalue weighted by Gasteiger charge is 2.44. The maximum atomic E-state index is 13.4. The summed E-state index contributed by atoms with van der Waals surface area (Å²) in [5.41, 5.74) is 6.47. The van der Waals surface area contributed by atoms with Gasteiger partial charge in [0.2, 0.25) is 23.6 Å². The van der Waals surface area contributed by atoms with Crippen LogP contribution >= 0.6 is 0 Å². The molecular formula is C31H40F3N5O7. The number of amides is 5. The summed E-state index contributed by atoms with van der Waals surface area (Å²) >= 11 is 0. The fourth-order valence-corrected chi connectivity index (χ4v) is 4.36. The molecule has 2 aromatic rings. The average molecular weight is 652 g/mol. The second kappa shape index (κ2) is 17.3. The molecule has 252 valence electrons. The fourth-order valence-electron chi connectivity index (χ4n) is 4.36. The monoisotopic (exact) mass is 651 g/mol. The number of rotatable bonds is 16. The molecule has 0 spiro atoms. The van der Waals surface area contributed by atoms with Crippen molar-refractivity contribution in [1.82, 2.24) is 21.3 Å². The maximum Gasteiger partial charge on any atom is 0.416 e. The number of halogens is 3. The van der Waals surface area contributed by atoms with Gasteiger partial charge < -0.3 is 37.2 Å². The summed E-state index contributed by atoms with van der Waals surface area (Å²) in [6.45, 7) is 4.35. The van der Waals surface area contributed by atoms with E-state index < -0.39 is 84.7 Å². The molecule has 2 aromatic carbocycles. The number of hydrogen-bond acceptors (Lipinski definition) is 7. The number of carbonyl (C=O) groups excluding carboxylic acids is 5. The molecule has 2 unspecified atom stereocenters. The van der Waals surface area contributed by atoms with Gasteiger partial charge >= 0.3 is 6.18 Å². The van der Waals surface area contributed by atoms with Gasteiger partial charge in [0.05, 0.1) is 12.6 Å². The van der Waals surface area contributed by atoms with E-state index in [1.807, 2.05) is 5.32 Å². The lowest BCUT2D eigenvalue weighted by Crippen LogP contribution is -2.59. The number of primary amides is 1. The summed E-state index contributed by atoms with van der Waals surface area (Å²) in [6, 6.07) is 8.91. The van der Waals surface area contributed by atoms with Gasteiger partial charge in [-0.2, -0.15) is 13.2 Å². The van der Waals surface area contributed by atoms with Gasteiger partial charge in [0.25, 0.3) is 5.91 Å². The molecular weight excluding hydrogens is 611 g/mol. The Morgan fingerprint density at radius 1 is 0.804 bits per heavy atom. The number of hydrogen-bond donors (Lipinski definition) is 7. The predicted molar refractivity (Wildman–Crippen MR) is 161 cm³/mol. The maximum absolute atomic E-state index is 13.4. The number of aliphatic hydroxyl groups is 2. The third-order valence-corrected chi connectivity index (χ3v) is 7.05. The lowest BCUT2D eigenvalue weighted by atomic mass is 10.00. The van der Waals surface area contributed by atoms with Crippen molar-refractivity contribution < 1.29 is 47.4 Å². The Morgan fingerprint density at radius 3 is 1.93 bits per heavy atom. The Balaban J connectivity index is 2.21. The van der Waals surface area contributed by atoms with Gasteiger partial charge in [0, 0.05) is 18.4 Å². The summed E-state index contributed by atoms with van der Waals surface area (Å²) in [5.74, 6) is -4.58. The van der Waals surface area contributed by atoms with Crippen molar-refractivity contribution in [3.05, 3.63) is 71.3 Å². The second-order valence-electron chi connectivity index (χ2n) is 11.1. The van der Waals surface area contributed by atoms with Crippen molar-refractivity contribution in [2.45, 2.75) is 83.1 Å². The first-order valence-electron chi connectivity index (χ1n) is 14.5. The molecule has 0 saturated heterocycles. The van der Waals surface area contributed by atoms with Crippen LogP contribution in [0.1, 0.15) is 55.1 Å². The lowest BCUT2D eigenvalue weighted by molar-refractivity contribution is -0.212. The van der Waals surface area contributed by atoms with E-state index in [2.05, 4.69) is 16.0 Å². The van der Waals surface area contributed by atoms with Crippen molar-refractivity contribution in [3.8, 4) is 0 Å². The molecule has 0 saturated carbocycles. The van der Waals surface area contributed by atoms with Gasteiger partial charge in [-0.25, -0.2) is 0 Å². The van der Waals surface area contributed by atoms with E-state index in [1.165, 1.54) is 19.1 Å². The molecule has 8 N–H and O–H groups in total. The summed E-state index contributed by atoms with van der Waals surface area (Å²) in [4.78, 5) is 63.6. The Morgan fingerprint density at radius 2 is 1.41 bits per heavy atom. The minimum Gasteiger partial charge on any atom is -0.392 e.